The summed E-state index contributed by atoms with van der Waals surface area (Å²) in [4.78, 5) is 14.5. The monoisotopic (exact) mass is 325 g/mol. The van der Waals surface area contributed by atoms with Gasteiger partial charge in [-0.25, -0.2) is 0 Å². The van der Waals surface area contributed by atoms with E-state index in [0.717, 1.165) is 42.9 Å². The largest absolute Gasteiger partial charge is 0.393 e. The number of benzene rings is 1. The van der Waals surface area contributed by atoms with Crippen molar-refractivity contribution in [3.8, 4) is 11.3 Å². The first-order valence-electron chi connectivity index (χ1n) is 8.72. The van der Waals surface area contributed by atoms with E-state index in [4.69, 9.17) is 0 Å². The lowest BCUT2D eigenvalue weighted by Crippen LogP contribution is -2.44. The molecule has 5 heteroatoms. The first-order valence-corrected chi connectivity index (χ1v) is 8.72. The Labute approximate surface area is 141 Å². The fourth-order valence-corrected chi connectivity index (χ4v) is 3.81. The molecule has 1 amide bonds. The highest BCUT2D eigenvalue weighted by Gasteiger charge is 2.36. The maximum Gasteiger partial charge on any atom is 0.225 e. The van der Waals surface area contributed by atoms with Crippen molar-refractivity contribution >= 4 is 5.91 Å². The summed E-state index contributed by atoms with van der Waals surface area (Å²) in [7, 11) is 0. The first-order chi connectivity index (χ1) is 11.6. The first kappa shape index (κ1) is 15.4. The number of aliphatic hydroxyl groups is 1. The van der Waals surface area contributed by atoms with Gasteiger partial charge in [-0.05, 0) is 31.7 Å². The third kappa shape index (κ3) is 2.63. The Bertz CT molecular complexity index is 762. The van der Waals surface area contributed by atoms with Gasteiger partial charge in [0.15, 0.2) is 0 Å². The smallest absolute Gasteiger partial charge is 0.225 e. The Kier molecular flexibility index (Phi) is 3.88. The second kappa shape index (κ2) is 6.06. The van der Waals surface area contributed by atoms with Crippen LogP contribution in [0.4, 0.5) is 0 Å². The van der Waals surface area contributed by atoms with E-state index in [1.165, 1.54) is 11.1 Å². The molecule has 0 atom stereocenters. The van der Waals surface area contributed by atoms with Crippen LogP contribution in [0.1, 0.15) is 29.7 Å². The molecule has 0 saturated heterocycles. The molecule has 5 nitrogen and oxygen atoms in total. The molecule has 24 heavy (non-hydrogen) atoms. The van der Waals surface area contributed by atoms with Crippen LogP contribution < -0.4 is 0 Å². The van der Waals surface area contributed by atoms with Gasteiger partial charge in [-0.15, -0.1) is 0 Å². The standard InChI is InChI=1S/C19H23N3O2/c1-12-4-2-3-5-15(12)18-16-6-8-22(9-7-17(16)20-21-18)19(24)13-10-14(23)11-13/h2-5,13-14,23H,6-11H2,1H3,(H,20,21). The van der Waals surface area contributed by atoms with Crippen molar-refractivity contribution in [3.05, 3.63) is 41.1 Å². The second-order valence-electron chi connectivity index (χ2n) is 6.99. The third-order valence-corrected chi connectivity index (χ3v) is 5.39. The average molecular weight is 325 g/mol. The number of aromatic nitrogens is 2. The molecule has 1 aromatic carbocycles. The van der Waals surface area contributed by atoms with E-state index in [1.807, 2.05) is 17.0 Å². The topological polar surface area (TPSA) is 69.2 Å². The SMILES string of the molecule is Cc1ccccc1-c1n[nH]c2c1CCN(C(=O)C1CC(O)C1)CC2. The lowest BCUT2D eigenvalue weighted by Gasteiger charge is -2.34. The lowest BCUT2D eigenvalue weighted by atomic mass is 9.81. The van der Waals surface area contributed by atoms with Crippen molar-refractivity contribution in [1.29, 1.82) is 0 Å². The molecule has 2 aliphatic rings. The van der Waals surface area contributed by atoms with Crippen LogP contribution in [-0.4, -0.2) is 45.3 Å². The van der Waals surface area contributed by atoms with Gasteiger partial charge in [0, 0.05) is 42.2 Å². The van der Waals surface area contributed by atoms with Gasteiger partial charge in [0.05, 0.1) is 11.8 Å². The number of nitrogens with zero attached hydrogens (tertiary/aromatic N) is 2. The summed E-state index contributed by atoms with van der Waals surface area (Å²) in [6, 6.07) is 8.29. The number of carbonyl (C=O) groups excluding carboxylic acids is 1. The van der Waals surface area contributed by atoms with Gasteiger partial charge >= 0.3 is 0 Å². The fraction of sp³-hybridized carbons (Fsp3) is 0.474. The number of aromatic amines is 1. The molecule has 1 aliphatic carbocycles. The minimum absolute atomic E-state index is 0.0189. The summed E-state index contributed by atoms with van der Waals surface area (Å²) < 4.78 is 0. The molecule has 2 aromatic rings. The summed E-state index contributed by atoms with van der Waals surface area (Å²) >= 11 is 0. The van der Waals surface area contributed by atoms with Gasteiger partial charge in [-0.1, -0.05) is 24.3 Å². The maximum absolute atomic E-state index is 12.5. The van der Waals surface area contributed by atoms with Gasteiger partial charge in [0.2, 0.25) is 5.91 Å². The Hall–Kier alpha value is -2.14. The normalized spacial score (nSPS) is 23.3. The zero-order chi connectivity index (χ0) is 16.7. The van der Waals surface area contributed by atoms with E-state index in [9.17, 15) is 9.90 Å². The summed E-state index contributed by atoms with van der Waals surface area (Å²) in [5, 5.41) is 17.2. The number of amides is 1. The molecular weight excluding hydrogens is 302 g/mol. The fourth-order valence-electron chi connectivity index (χ4n) is 3.81. The zero-order valence-electron chi connectivity index (χ0n) is 14.0. The van der Waals surface area contributed by atoms with E-state index in [1.54, 1.807) is 0 Å². The molecule has 0 unspecified atom stereocenters. The number of hydrogen-bond acceptors (Lipinski definition) is 3. The number of hydrogen-bond donors (Lipinski definition) is 2. The maximum atomic E-state index is 12.5. The minimum atomic E-state index is -0.282. The number of fused-ring (bicyclic) bond motifs is 1. The van der Waals surface area contributed by atoms with Crippen LogP contribution >= 0.6 is 0 Å². The van der Waals surface area contributed by atoms with Crippen LogP contribution in [-0.2, 0) is 17.6 Å². The number of rotatable bonds is 2. The van der Waals surface area contributed by atoms with Gasteiger partial charge in [0.1, 0.15) is 0 Å². The van der Waals surface area contributed by atoms with E-state index in [-0.39, 0.29) is 17.9 Å². The van der Waals surface area contributed by atoms with Crippen molar-refractivity contribution in [1.82, 2.24) is 15.1 Å². The number of carbonyl (C=O) groups is 1. The highest BCUT2D eigenvalue weighted by Crippen LogP contribution is 2.32. The molecule has 1 aromatic heterocycles. The van der Waals surface area contributed by atoms with Crippen molar-refractivity contribution < 1.29 is 9.90 Å². The minimum Gasteiger partial charge on any atom is -0.393 e. The molecule has 0 radical (unpaired) electrons. The number of H-pyrrole nitrogens is 1. The zero-order valence-corrected chi connectivity index (χ0v) is 14.0. The van der Waals surface area contributed by atoms with Crippen LogP contribution in [0, 0.1) is 12.8 Å². The Balaban J connectivity index is 1.54. The van der Waals surface area contributed by atoms with Crippen LogP contribution in [0.3, 0.4) is 0 Å². The molecule has 1 fully saturated rings. The highest BCUT2D eigenvalue weighted by atomic mass is 16.3. The summed E-state index contributed by atoms with van der Waals surface area (Å²) in [5.41, 5.74) is 5.80. The summed E-state index contributed by atoms with van der Waals surface area (Å²) in [6.45, 7) is 3.56. The van der Waals surface area contributed by atoms with Gasteiger partial charge in [-0.3, -0.25) is 9.89 Å². The molecule has 0 bridgehead atoms. The molecule has 1 saturated carbocycles. The molecule has 4 rings (SSSR count). The van der Waals surface area contributed by atoms with E-state index in [0.29, 0.717) is 12.8 Å². The van der Waals surface area contributed by atoms with Crippen molar-refractivity contribution in [3.63, 3.8) is 0 Å². The summed E-state index contributed by atoms with van der Waals surface area (Å²) in [5.74, 6) is 0.223. The van der Waals surface area contributed by atoms with Gasteiger partial charge in [-0.2, -0.15) is 5.10 Å². The Morgan fingerprint density at radius 2 is 2.00 bits per heavy atom. The van der Waals surface area contributed by atoms with Crippen LogP contribution in [0.2, 0.25) is 0 Å². The van der Waals surface area contributed by atoms with Crippen LogP contribution in [0.15, 0.2) is 24.3 Å². The average Bonchev–Trinajstić information content (AvgIpc) is 2.83. The van der Waals surface area contributed by atoms with Crippen molar-refractivity contribution in [2.75, 3.05) is 13.1 Å². The van der Waals surface area contributed by atoms with Crippen LogP contribution in [0.5, 0.6) is 0 Å². The van der Waals surface area contributed by atoms with E-state index in [2.05, 4.69) is 29.3 Å². The van der Waals surface area contributed by atoms with E-state index >= 15 is 0 Å². The molecule has 2 N–H and O–H groups in total. The predicted molar refractivity (Wildman–Crippen MR) is 91.5 cm³/mol. The second-order valence-corrected chi connectivity index (χ2v) is 6.99. The molecule has 1 aliphatic heterocycles. The Morgan fingerprint density at radius 1 is 1.25 bits per heavy atom. The molecule has 2 heterocycles. The number of aliphatic hydroxyl groups excluding tert-OH is 1. The quantitative estimate of drug-likeness (QED) is 0.888. The summed E-state index contributed by atoms with van der Waals surface area (Å²) in [6.07, 6.45) is 2.61. The predicted octanol–water partition coefficient (Wildman–Crippen LogP) is 2.08. The van der Waals surface area contributed by atoms with Crippen molar-refractivity contribution in [2.24, 2.45) is 5.92 Å². The lowest BCUT2D eigenvalue weighted by molar-refractivity contribution is -0.142. The third-order valence-electron chi connectivity index (χ3n) is 5.39. The van der Waals surface area contributed by atoms with Gasteiger partial charge < -0.3 is 10.0 Å². The van der Waals surface area contributed by atoms with Crippen molar-refractivity contribution in [2.45, 2.75) is 38.7 Å². The number of aryl methyl sites for hydroxylation is 1. The highest BCUT2D eigenvalue weighted by molar-refractivity contribution is 5.80. The number of nitrogens with one attached hydrogen (secondary N) is 1. The molecule has 0 spiro atoms. The van der Waals surface area contributed by atoms with Gasteiger partial charge in [0.25, 0.3) is 0 Å². The molecular formula is C19H23N3O2. The van der Waals surface area contributed by atoms with Crippen LogP contribution in [0.25, 0.3) is 11.3 Å². The Morgan fingerprint density at radius 3 is 2.75 bits per heavy atom. The van der Waals surface area contributed by atoms with E-state index < -0.39 is 0 Å². The molecule has 126 valence electrons.